The number of amides is 1. The highest BCUT2D eigenvalue weighted by atomic mass is 127. The minimum absolute atomic E-state index is 0. The Balaban J connectivity index is 0.00000341. The number of fused-ring (bicyclic) bond motifs is 1. The summed E-state index contributed by atoms with van der Waals surface area (Å²) in [5.41, 5.74) is 1.84. The van der Waals surface area contributed by atoms with E-state index in [-0.39, 0.29) is 29.9 Å². The summed E-state index contributed by atoms with van der Waals surface area (Å²) < 4.78 is 2.28. The van der Waals surface area contributed by atoms with Gasteiger partial charge in [-0.05, 0) is 37.0 Å². The molecule has 0 saturated carbocycles. The van der Waals surface area contributed by atoms with Gasteiger partial charge in [-0.25, -0.2) is 0 Å². The molecule has 0 radical (unpaired) electrons. The van der Waals surface area contributed by atoms with Crippen molar-refractivity contribution in [3.05, 3.63) is 47.0 Å². The van der Waals surface area contributed by atoms with Crippen molar-refractivity contribution in [1.29, 1.82) is 0 Å². The van der Waals surface area contributed by atoms with Gasteiger partial charge in [-0.2, -0.15) is 0 Å². The van der Waals surface area contributed by atoms with Gasteiger partial charge < -0.3 is 20.1 Å². The van der Waals surface area contributed by atoms with Crippen LogP contribution in [0.15, 0.2) is 29.3 Å². The Labute approximate surface area is 201 Å². The SMILES string of the molecule is CN=C(NCCc1cccc(C(=O)N(C)C)c1)NCCc1nnc2n1CCCCC2.I. The van der Waals surface area contributed by atoms with Gasteiger partial charge in [0.25, 0.3) is 5.91 Å². The Hall–Kier alpha value is -2.17. The number of carbonyl (C=O) groups is 1. The Morgan fingerprint density at radius 1 is 1.13 bits per heavy atom. The minimum Gasteiger partial charge on any atom is -0.356 e. The molecule has 0 fully saturated rings. The van der Waals surface area contributed by atoms with Crippen LogP contribution in [0.2, 0.25) is 0 Å². The molecular weight excluding hydrogens is 505 g/mol. The first-order chi connectivity index (χ1) is 14.6. The van der Waals surface area contributed by atoms with E-state index in [9.17, 15) is 4.79 Å². The fourth-order valence-electron chi connectivity index (χ4n) is 3.69. The molecular formula is C22H34IN7O. The van der Waals surface area contributed by atoms with Crippen LogP contribution in [0.25, 0.3) is 0 Å². The van der Waals surface area contributed by atoms with Crippen LogP contribution < -0.4 is 10.6 Å². The highest BCUT2D eigenvalue weighted by Gasteiger charge is 2.14. The molecule has 9 heteroatoms. The van der Waals surface area contributed by atoms with Gasteiger partial charge in [0.15, 0.2) is 5.96 Å². The molecule has 31 heavy (non-hydrogen) atoms. The molecule has 0 unspecified atom stereocenters. The summed E-state index contributed by atoms with van der Waals surface area (Å²) in [7, 11) is 5.31. The zero-order valence-corrected chi connectivity index (χ0v) is 21.1. The van der Waals surface area contributed by atoms with E-state index in [1.807, 2.05) is 24.3 Å². The fraction of sp³-hybridized carbons (Fsp3) is 0.545. The molecule has 1 aromatic heterocycles. The first kappa shape index (κ1) is 25.1. The van der Waals surface area contributed by atoms with Gasteiger partial charge in [-0.1, -0.05) is 18.6 Å². The number of halogens is 1. The van der Waals surface area contributed by atoms with Gasteiger partial charge >= 0.3 is 0 Å². The van der Waals surface area contributed by atoms with Crippen LogP contribution in [0, 0.1) is 0 Å². The lowest BCUT2D eigenvalue weighted by molar-refractivity contribution is 0.0827. The third kappa shape index (κ3) is 7.19. The number of rotatable bonds is 7. The van der Waals surface area contributed by atoms with Crippen molar-refractivity contribution in [2.75, 3.05) is 34.2 Å². The van der Waals surface area contributed by atoms with E-state index in [2.05, 4.69) is 30.4 Å². The Morgan fingerprint density at radius 3 is 2.65 bits per heavy atom. The van der Waals surface area contributed by atoms with Gasteiger partial charge in [0.05, 0.1) is 0 Å². The zero-order chi connectivity index (χ0) is 21.3. The topological polar surface area (TPSA) is 87.4 Å². The molecule has 2 N–H and O–H groups in total. The summed E-state index contributed by atoms with van der Waals surface area (Å²) in [5, 5.41) is 15.4. The van der Waals surface area contributed by atoms with E-state index < -0.39 is 0 Å². The molecule has 2 aromatic rings. The maximum absolute atomic E-state index is 12.1. The van der Waals surface area contributed by atoms with Crippen LogP contribution in [-0.2, 0) is 25.8 Å². The third-order valence-electron chi connectivity index (χ3n) is 5.34. The van der Waals surface area contributed by atoms with E-state index in [4.69, 9.17) is 0 Å². The molecule has 170 valence electrons. The van der Waals surface area contributed by atoms with Gasteiger partial charge in [-0.15, -0.1) is 34.2 Å². The molecule has 0 aliphatic carbocycles. The van der Waals surface area contributed by atoms with Crippen molar-refractivity contribution in [2.45, 2.75) is 45.1 Å². The lowest BCUT2D eigenvalue weighted by Crippen LogP contribution is -2.39. The predicted molar refractivity (Wildman–Crippen MR) is 134 cm³/mol. The van der Waals surface area contributed by atoms with E-state index in [0.717, 1.165) is 62.1 Å². The lowest BCUT2D eigenvalue weighted by Gasteiger charge is -2.13. The molecule has 1 aliphatic rings. The largest absolute Gasteiger partial charge is 0.356 e. The van der Waals surface area contributed by atoms with Crippen LogP contribution in [0.3, 0.4) is 0 Å². The summed E-state index contributed by atoms with van der Waals surface area (Å²) in [6.07, 6.45) is 6.35. The molecule has 1 amide bonds. The van der Waals surface area contributed by atoms with E-state index >= 15 is 0 Å². The van der Waals surface area contributed by atoms with Crippen LogP contribution in [0.1, 0.15) is 46.8 Å². The number of aliphatic imine (C=N–C) groups is 1. The zero-order valence-electron chi connectivity index (χ0n) is 18.7. The number of benzene rings is 1. The highest BCUT2D eigenvalue weighted by Crippen LogP contribution is 2.14. The number of aromatic nitrogens is 3. The standard InChI is InChI=1S/C22H33N7O.HI/c1-23-22(24-13-11-17-8-7-9-18(16-17)21(30)28(2)3)25-14-12-20-27-26-19-10-5-4-6-15-29(19)20;/h7-9,16H,4-6,10-15H2,1-3H3,(H2,23,24,25);1H. The summed E-state index contributed by atoms with van der Waals surface area (Å²) >= 11 is 0. The smallest absolute Gasteiger partial charge is 0.253 e. The van der Waals surface area contributed by atoms with Crippen LogP contribution in [-0.4, -0.2) is 65.8 Å². The third-order valence-corrected chi connectivity index (χ3v) is 5.34. The number of nitrogens with zero attached hydrogens (tertiary/aromatic N) is 5. The molecule has 8 nitrogen and oxygen atoms in total. The number of hydrogen-bond donors (Lipinski definition) is 2. The van der Waals surface area contributed by atoms with Gasteiger partial charge in [-0.3, -0.25) is 9.79 Å². The maximum atomic E-state index is 12.1. The minimum atomic E-state index is 0. The second-order valence-electron chi connectivity index (χ2n) is 7.82. The van der Waals surface area contributed by atoms with Crippen molar-refractivity contribution in [3.8, 4) is 0 Å². The summed E-state index contributed by atoms with van der Waals surface area (Å²) in [6, 6.07) is 7.78. The maximum Gasteiger partial charge on any atom is 0.253 e. The second kappa shape index (κ2) is 12.6. The second-order valence-corrected chi connectivity index (χ2v) is 7.82. The first-order valence-electron chi connectivity index (χ1n) is 10.7. The predicted octanol–water partition coefficient (Wildman–Crippen LogP) is 2.27. The number of aryl methyl sites for hydroxylation is 1. The first-order valence-corrected chi connectivity index (χ1v) is 10.7. The number of nitrogens with one attached hydrogen (secondary N) is 2. The summed E-state index contributed by atoms with van der Waals surface area (Å²) in [4.78, 5) is 18.0. The van der Waals surface area contributed by atoms with Crippen molar-refractivity contribution < 1.29 is 4.79 Å². The van der Waals surface area contributed by atoms with Crippen molar-refractivity contribution in [1.82, 2.24) is 30.3 Å². The molecule has 0 spiro atoms. The molecule has 2 heterocycles. The quantitative estimate of drug-likeness (QED) is 0.321. The molecule has 0 atom stereocenters. The van der Waals surface area contributed by atoms with Gasteiger partial charge in [0.2, 0.25) is 0 Å². The van der Waals surface area contributed by atoms with E-state index in [1.54, 1.807) is 26.0 Å². The van der Waals surface area contributed by atoms with Crippen LogP contribution in [0.5, 0.6) is 0 Å². The summed E-state index contributed by atoms with van der Waals surface area (Å²) in [6.45, 7) is 2.52. The van der Waals surface area contributed by atoms with E-state index in [1.165, 1.54) is 19.3 Å². The Kier molecular flexibility index (Phi) is 10.2. The van der Waals surface area contributed by atoms with Crippen molar-refractivity contribution >= 4 is 35.8 Å². The highest BCUT2D eigenvalue weighted by molar-refractivity contribution is 14.0. The summed E-state index contributed by atoms with van der Waals surface area (Å²) in [5.74, 6) is 2.97. The normalized spacial score (nSPS) is 13.6. The fourth-order valence-corrected chi connectivity index (χ4v) is 3.69. The number of hydrogen-bond acceptors (Lipinski definition) is 4. The number of carbonyl (C=O) groups excluding carboxylic acids is 1. The Bertz CT molecular complexity index is 878. The van der Waals surface area contributed by atoms with Crippen molar-refractivity contribution in [3.63, 3.8) is 0 Å². The molecule has 0 bridgehead atoms. The average Bonchev–Trinajstić information content (AvgIpc) is 2.98. The van der Waals surface area contributed by atoms with Gasteiger partial charge in [0.1, 0.15) is 11.6 Å². The van der Waals surface area contributed by atoms with Crippen LogP contribution in [0.4, 0.5) is 0 Å². The molecule has 0 saturated heterocycles. The Morgan fingerprint density at radius 2 is 1.90 bits per heavy atom. The van der Waals surface area contributed by atoms with Crippen molar-refractivity contribution in [2.24, 2.45) is 4.99 Å². The molecule has 3 rings (SSSR count). The lowest BCUT2D eigenvalue weighted by atomic mass is 10.1. The van der Waals surface area contributed by atoms with Crippen LogP contribution >= 0.6 is 24.0 Å². The van der Waals surface area contributed by atoms with E-state index in [0.29, 0.717) is 5.56 Å². The van der Waals surface area contributed by atoms with Gasteiger partial charge in [0, 0.05) is 59.2 Å². The number of guanidine groups is 1. The molecule has 1 aromatic carbocycles. The average molecular weight is 539 g/mol. The molecule has 1 aliphatic heterocycles. The monoisotopic (exact) mass is 539 g/mol.